The predicted octanol–water partition coefficient (Wildman–Crippen LogP) is 1.41. The van der Waals surface area contributed by atoms with Crippen molar-refractivity contribution in [2.75, 3.05) is 46.5 Å². The fourth-order valence-electron chi connectivity index (χ4n) is 5.02. The molecule has 6 nitrogen and oxygen atoms in total. The van der Waals surface area contributed by atoms with Crippen molar-refractivity contribution in [1.29, 1.82) is 0 Å². The van der Waals surface area contributed by atoms with Gasteiger partial charge in [-0.25, -0.2) is 0 Å². The summed E-state index contributed by atoms with van der Waals surface area (Å²) in [4.78, 5) is 17.8. The largest absolute Gasteiger partial charge is 0.497 e. The fraction of sp³-hybridized carbons (Fsp3) is 0.667. The van der Waals surface area contributed by atoms with Crippen LogP contribution in [0.15, 0.2) is 24.3 Å². The normalized spacial score (nSPS) is 28.4. The molecule has 1 aromatic carbocycles. The van der Waals surface area contributed by atoms with E-state index in [1.807, 2.05) is 29.2 Å². The molecule has 0 radical (unpaired) electrons. The van der Waals surface area contributed by atoms with Gasteiger partial charge in [0.05, 0.1) is 37.9 Å². The van der Waals surface area contributed by atoms with Crippen molar-refractivity contribution in [2.24, 2.45) is 0 Å². The number of ether oxygens (including phenoxy) is 2. The average molecular weight is 374 g/mol. The molecule has 1 saturated carbocycles. The second kappa shape index (κ2) is 7.78. The maximum absolute atomic E-state index is 13.6. The number of hydrogen-bond donors (Lipinski definition) is 1. The molecule has 0 bridgehead atoms. The Labute approximate surface area is 161 Å². The Hall–Kier alpha value is -1.63. The topological polar surface area (TPSA) is 62.2 Å². The number of morpholine rings is 1. The number of amides is 1. The first-order valence-corrected chi connectivity index (χ1v) is 10.1. The molecule has 3 aliphatic rings. The third-order valence-electron chi connectivity index (χ3n) is 6.57. The number of aliphatic hydroxyl groups excluding tert-OH is 1. The number of rotatable bonds is 4. The zero-order valence-corrected chi connectivity index (χ0v) is 16.1. The molecule has 3 fully saturated rings. The molecule has 148 valence electrons. The summed E-state index contributed by atoms with van der Waals surface area (Å²) in [6.07, 6.45) is 3.42. The van der Waals surface area contributed by atoms with E-state index in [1.165, 1.54) is 0 Å². The van der Waals surface area contributed by atoms with Gasteiger partial charge in [0, 0.05) is 26.2 Å². The molecule has 0 spiro atoms. The van der Waals surface area contributed by atoms with Crippen LogP contribution >= 0.6 is 0 Å². The first-order valence-electron chi connectivity index (χ1n) is 10.1. The molecule has 1 amide bonds. The molecule has 27 heavy (non-hydrogen) atoms. The Morgan fingerprint density at radius 1 is 1.15 bits per heavy atom. The zero-order valence-electron chi connectivity index (χ0n) is 16.1. The van der Waals surface area contributed by atoms with Gasteiger partial charge in [-0.05, 0) is 30.5 Å². The second-order valence-electron chi connectivity index (χ2n) is 8.01. The summed E-state index contributed by atoms with van der Waals surface area (Å²) in [5, 5.41) is 10.6. The molecular formula is C21H30N2O4. The van der Waals surface area contributed by atoms with Gasteiger partial charge in [-0.15, -0.1) is 0 Å². The van der Waals surface area contributed by atoms with E-state index >= 15 is 0 Å². The molecule has 2 aliphatic heterocycles. The van der Waals surface area contributed by atoms with Crippen LogP contribution in [0.1, 0.15) is 31.2 Å². The molecule has 2 heterocycles. The highest BCUT2D eigenvalue weighted by molar-refractivity contribution is 5.89. The van der Waals surface area contributed by atoms with E-state index in [-0.39, 0.29) is 11.9 Å². The smallest absolute Gasteiger partial charge is 0.233 e. The van der Waals surface area contributed by atoms with Crippen LogP contribution in [0, 0.1) is 0 Å². The maximum atomic E-state index is 13.6. The van der Waals surface area contributed by atoms with Gasteiger partial charge in [0.15, 0.2) is 0 Å². The summed E-state index contributed by atoms with van der Waals surface area (Å²) in [6, 6.07) is 7.98. The van der Waals surface area contributed by atoms with Crippen molar-refractivity contribution >= 4 is 5.91 Å². The summed E-state index contributed by atoms with van der Waals surface area (Å²) >= 11 is 0. The minimum atomic E-state index is -0.485. The SMILES string of the molecule is COc1ccc(C2(C(=O)N3C[C@@H](O)[C@H](N4CCOCC4)C3)CCCC2)cc1. The van der Waals surface area contributed by atoms with Gasteiger partial charge >= 0.3 is 0 Å². The summed E-state index contributed by atoms with van der Waals surface area (Å²) in [5.41, 5.74) is 0.626. The van der Waals surface area contributed by atoms with Gasteiger partial charge in [0.25, 0.3) is 0 Å². The molecule has 2 saturated heterocycles. The maximum Gasteiger partial charge on any atom is 0.233 e. The number of aliphatic hydroxyl groups is 1. The first kappa shape index (κ1) is 18.7. The highest BCUT2D eigenvalue weighted by Crippen LogP contribution is 2.43. The zero-order chi connectivity index (χ0) is 18.9. The van der Waals surface area contributed by atoms with Crippen LogP contribution in [0.25, 0.3) is 0 Å². The number of carbonyl (C=O) groups excluding carboxylic acids is 1. The highest BCUT2D eigenvalue weighted by atomic mass is 16.5. The van der Waals surface area contributed by atoms with E-state index in [1.54, 1.807) is 7.11 Å². The quantitative estimate of drug-likeness (QED) is 0.864. The van der Waals surface area contributed by atoms with Gasteiger partial charge in [-0.1, -0.05) is 25.0 Å². The lowest BCUT2D eigenvalue weighted by molar-refractivity contribution is -0.136. The Balaban J connectivity index is 1.53. The lowest BCUT2D eigenvalue weighted by atomic mass is 9.77. The molecule has 0 aromatic heterocycles. The Bertz CT molecular complexity index is 651. The molecule has 2 atom stereocenters. The van der Waals surface area contributed by atoms with Crippen molar-refractivity contribution in [3.63, 3.8) is 0 Å². The predicted molar refractivity (Wildman–Crippen MR) is 102 cm³/mol. The number of nitrogens with zero attached hydrogens (tertiary/aromatic N) is 2. The number of β-amino-alcohol motifs (C(OH)–C–C–N with tert-alkyl or cyclic N) is 1. The summed E-state index contributed by atoms with van der Waals surface area (Å²) in [7, 11) is 1.66. The summed E-state index contributed by atoms with van der Waals surface area (Å²) < 4.78 is 10.7. The van der Waals surface area contributed by atoms with Crippen LogP contribution in [0.4, 0.5) is 0 Å². The molecule has 1 aliphatic carbocycles. The summed E-state index contributed by atoms with van der Waals surface area (Å²) in [5.74, 6) is 0.989. The Morgan fingerprint density at radius 2 is 1.81 bits per heavy atom. The minimum Gasteiger partial charge on any atom is -0.497 e. The molecular weight excluding hydrogens is 344 g/mol. The van der Waals surface area contributed by atoms with Crippen LogP contribution < -0.4 is 4.74 Å². The van der Waals surface area contributed by atoms with Gasteiger partial charge in [0.1, 0.15) is 5.75 Å². The van der Waals surface area contributed by atoms with Crippen LogP contribution in [0.3, 0.4) is 0 Å². The van der Waals surface area contributed by atoms with Gasteiger partial charge in [-0.2, -0.15) is 0 Å². The van der Waals surface area contributed by atoms with E-state index in [0.29, 0.717) is 26.3 Å². The van der Waals surface area contributed by atoms with E-state index in [9.17, 15) is 9.90 Å². The number of likely N-dealkylation sites (tertiary alicyclic amines) is 1. The Kier molecular flexibility index (Phi) is 5.39. The monoisotopic (exact) mass is 374 g/mol. The van der Waals surface area contributed by atoms with Crippen molar-refractivity contribution in [1.82, 2.24) is 9.80 Å². The lowest BCUT2D eigenvalue weighted by Gasteiger charge is -2.35. The van der Waals surface area contributed by atoms with Crippen LogP contribution in [0.2, 0.25) is 0 Å². The minimum absolute atomic E-state index is 0.0205. The number of hydrogen-bond acceptors (Lipinski definition) is 5. The van der Waals surface area contributed by atoms with E-state index in [4.69, 9.17) is 9.47 Å². The molecule has 6 heteroatoms. The summed E-state index contributed by atoms with van der Waals surface area (Å²) in [6.45, 7) is 4.09. The third kappa shape index (κ3) is 3.46. The number of carbonyl (C=O) groups is 1. The standard InChI is InChI=1S/C21H30N2O4/c1-26-17-6-4-16(5-7-17)21(8-2-3-9-21)20(25)23-14-18(19(24)15-23)22-10-12-27-13-11-22/h4-7,18-19,24H,2-3,8-15H2,1H3/t18-,19-/m1/s1. The average Bonchev–Trinajstić information content (AvgIpc) is 3.36. The van der Waals surface area contributed by atoms with Crippen LogP contribution in [0.5, 0.6) is 5.75 Å². The van der Waals surface area contributed by atoms with E-state index < -0.39 is 11.5 Å². The highest BCUT2D eigenvalue weighted by Gasteiger charge is 2.48. The lowest BCUT2D eigenvalue weighted by Crippen LogP contribution is -2.49. The molecule has 1 N–H and O–H groups in total. The third-order valence-corrected chi connectivity index (χ3v) is 6.57. The van der Waals surface area contributed by atoms with Gasteiger partial charge in [-0.3, -0.25) is 9.69 Å². The van der Waals surface area contributed by atoms with Crippen molar-refractivity contribution < 1.29 is 19.4 Å². The van der Waals surface area contributed by atoms with Crippen LogP contribution in [-0.2, 0) is 14.9 Å². The molecule has 4 rings (SSSR count). The van der Waals surface area contributed by atoms with Crippen molar-refractivity contribution in [2.45, 2.75) is 43.2 Å². The van der Waals surface area contributed by atoms with Crippen molar-refractivity contribution in [3.05, 3.63) is 29.8 Å². The first-order chi connectivity index (χ1) is 13.1. The van der Waals surface area contributed by atoms with Gasteiger partial charge in [0.2, 0.25) is 5.91 Å². The molecule has 0 unspecified atom stereocenters. The van der Waals surface area contributed by atoms with Crippen LogP contribution in [-0.4, -0.2) is 79.5 Å². The fourth-order valence-corrected chi connectivity index (χ4v) is 5.02. The number of benzene rings is 1. The second-order valence-corrected chi connectivity index (χ2v) is 8.01. The van der Waals surface area contributed by atoms with E-state index in [2.05, 4.69) is 4.90 Å². The number of methoxy groups -OCH3 is 1. The Morgan fingerprint density at radius 3 is 2.44 bits per heavy atom. The van der Waals surface area contributed by atoms with Gasteiger partial charge < -0.3 is 19.5 Å². The molecule has 1 aromatic rings. The van der Waals surface area contributed by atoms with Crippen molar-refractivity contribution in [3.8, 4) is 5.75 Å². The van der Waals surface area contributed by atoms with E-state index in [0.717, 1.165) is 50.1 Å².